The highest BCUT2D eigenvalue weighted by Gasteiger charge is 2.26. The van der Waals surface area contributed by atoms with E-state index in [-0.39, 0.29) is 0 Å². The number of guanidine groups is 1. The predicted octanol–water partition coefficient (Wildman–Crippen LogP) is 2.80. The zero-order valence-electron chi connectivity index (χ0n) is 18.8. The fourth-order valence-electron chi connectivity index (χ4n) is 4.25. The summed E-state index contributed by atoms with van der Waals surface area (Å²) < 4.78 is 5.57. The van der Waals surface area contributed by atoms with E-state index in [1.54, 1.807) is 0 Å². The summed E-state index contributed by atoms with van der Waals surface area (Å²) in [6.45, 7) is 12.8. The number of aromatic amines is 1. The maximum Gasteiger partial charge on any atom is 0.191 e. The molecule has 0 bridgehead atoms. The van der Waals surface area contributed by atoms with Crippen molar-refractivity contribution in [3.63, 3.8) is 0 Å². The van der Waals surface area contributed by atoms with Crippen molar-refractivity contribution in [2.24, 2.45) is 10.9 Å². The van der Waals surface area contributed by atoms with E-state index in [1.807, 2.05) is 18.2 Å². The number of nitrogens with zero attached hydrogens (tertiary/aromatic N) is 3. The van der Waals surface area contributed by atoms with Crippen LogP contribution in [0.4, 0.5) is 0 Å². The van der Waals surface area contributed by atoms with E-state index >= 15 is 0 Å². The summed E-state index contributed by atoms with van der Waals surface area (Å²) in [5.74, 6) is 2.55. The first-order valence-corrected chi connectivity index (χ1v) is 11.5. The lowest BCUT2D eigenvalue weighted by Crippen LogP contribution is -2.49. The Bertz CT molecular complexity index is 746. The average Bonchev–Trinajstić information content (AvgIpc) is 3.20. The molecule has 166 valence electrons. The van der Waals surface area contributed by atoms with Crippen LogP contribution >= 0.6 is 0 Å². The number of H-pyrrole nitrogens is 1. The van der Waals surface area contributed by atoms with Crippen LogP contribution in [0.3, 0.4) is 0 Å². The smallest absolute Gasteiger partial charge is 0.191 e. The molecular weight excluding hydrogens is 376 g/mol. The SMILES string of the molecule is CCNC(=NCC(C(CC)CC)N1CCOCC1)NCCc1nc2ccccc2[nH]1. The Labute approximate surface area is 180 Å². The van der Waals surface area contributed by atoms with Crippen molar-refractivity contribution in [1.82, 2.24) is 25.5 Å². The van der Waals surface area contributed by atoms with Gasteiger partial charge in [-0.15, -0.1) is 0 Å². The molecule has 1 atom stereocenters. The Morgan fingerprint density at radius 3 is 2.63 bits per heavy atom. The number of nitrogens with one attached hydrogen (secondary N) is 3. The average molecular weight is 415 g/mol. The molecule has 3 rings (SSSR count). The van der Waals surface area contributed by atoms with Crippen LogP contribution in [0.2, 0.25) is 0 Å². The number of rotatable bonds is 10. The van der Waals surface area contributed by atoms with Crippen LogP contribution in [0.1, 0.15) is 39.4 Å². The van der Waals surface area contributed by atoms with E-state index in [1.165, 1.54) is 12.8 Å². The molecule has 2 aromatic rings. The summed E-state index contributed by atoms with van der Waals surface area (Å²) in [6.07, 6.45) is 3.20. The van der Waals surface area contributed by atoms with Gasteiger partial charge in [0.1, 0.15) is 5.82 Å². The van der Waals surface area contributed by atoms with Crippen LogP contribution in [0.25, 0.3) is 11.0 Å². The largest absolute Gasteiger partial charge is 0.379 e. The molecule has 0 amide bonds. The molecule has 2 heterocycles. The predicted molar refractivity (Wildman–Crippen MR) is 124 cm³/mol. The molecule has 1 aliphatic rings. The van der Waals surface area contributed by atoms with E-state index < -0.39 is 0 Å². The topological polar surface area (TPSA) is 77.6 Å². The second-order valence-electron chi connectivity index (χ2n) is 7.89. The molecule has 1 aromatic carbocycles. The first kappa shape index (κ1) is 22.6. The zero-order chi connectivity index (χ0) is 21.2. The molecule has 0 spiro atoms. The third kappa shape index (κ3) is 6.19. The van der Waals surface area contributed by atoms with Gasteiger partial charge in [0.15, 0.2) is 5.96 Å². The van der Waals surface area contributed by atoms with E-state index in [9.17, 15) is 0 Å². The number of morpholine rings is 1. The molecule has 1 fully saturated rings. The van der Waals surface area contributed by atoms with Crippen molar-refractivity contribution in [3.05, 3.63) is 30.1 Å². The van der Waals surface area contributed by atoms with Crippen LogP contribution in [-0.2, 0) is 11.2 Å². The van der Waals surface area contributed by atoms with Crippen molar-refractivity contribution in [2.75, 3.05) is 45.9 Å². The molecule has 7 heteroatoms. The highest BCUT2D eigenvalue weighted by Crippen LogP contribution is 2.20. The molecule has 1 aromatic heterocycles. The minimum Gasteiger partial charge on any atom is -0.379 e. The number of para-hydroxylation sites is 2. The normalized spacial score (nSPS) is 16.9. The van der Waals surface area contributed by atoms with Crippen LogP contribution in [0.5, 0.6) is 0 Å². The van der Waals surface area contributed by atoms with E-state index in [2.05, 4.69) is 52.3 Å². The summed E-state index contributed by atoms with van der Waals surface area (Å²) in [6, 6.07) is 8.62. The van der Waals surface area contributed by atoms with Gasteiger partial charge in [-0.25, -0.2) is 4.98 Å². The molecule has 3 N–H and O–H groups in total. The van der Waals surface area contributed by atoms with Crippen molar-refractivity contribution >= 4 is 17.0 Å². The number of hydrogen-bond donors (Lipinski definition) is 3. The first-order valence-electron chi connectivity index (χ1n) is 11.5. The molecule has 0 radical (unpaired) electrons. The third-order valence-electron chi connectivity index (χ3n) is 5.98. The Morgan fingerprint density at radius 1 is 1.17 bits per heavy atom. The van der Waals surface area contributed by atoms with Gasteiger partial charge < -0.3 is 20.4 Å². The van der Waals surface area contributed by atoms with Crippen LogP contribution < -0.4 is 10.6 Å². The van der Waals surface area contributed by atoms with Gasteiger partial charge >= 0.3 is 0 Å². The Hall–Kier alpha value is -2.12. The minimum atomic E-state index is 0.467. The highest BCUT2D eigenvalue weighted by atomic mass is 16.5. The molecule has 1 saturated heterocycles. The fraction of sp³-hybridized carbons (Fsp3) is 0.652. The maximum absolute atomic E-state index is 5.57. The molecule has 7 nitrogen and oxygen atoms in total. The maximum atomic E-state index is 5.57. The summed E-state index contributed by atoms with van der Waals surface area (Å²) in [4.78, 5) is 15.6. The number of imidazole rings is 1. The molecule has 1 aliphatic heterocycles. The van der Waals surface area contributed by atoms with Gasteiger partial charge in [0.2, 0.25) is 0 Å². The minimum absolute atomic E-state index is 0.467. The fourth-order valence-corrected chi connectivity index (χ4v) is 4.25. The Morgan fingerprint density at radius 2 is 1.93 bits per heavy atom. The monoisotopic (exact) mass is 414 g/mol. The molecule has 30 heavy (non-hydrogen) atoms. The molecular formula is C23H38N6O. The second-order valence-corrected chi connectivity index (χ2v) is 7.89. The summed E-state index contributed by atoms with van der Waals surface area (Å²) in [5.41, 5.74) is 2.11. The van der Waals surface area contributed by atoms with Crippen LogP contribution in [-0.4, -0.2) is 72.8 Å². The lowest BCUT2D eigenvalue weighted by Gasteiger charge is -2.38. The van der Waals surface area contributed by atoms with Gasteiger partial charge in [0.25, 0.3) is 0 Å². The van der Waals surface area contributed by atoms with Crippen molar-refractivity contribution in [1.29, 1.82) is 0 Å². The lowest BCUT2D eigenvalue weighted by atomic mass is 9.92. The van der Waals surface area contributed by atoms with Gasteiger partial charge in [0.05, 0.1) is 30.8 Å². The Kier molecular flexibility index (Phi) is 8.96. The van der Waals surface area contributed by atoms with Gasteiger partial charge in [-0.2, -0.15) is 0 Å². The van der Waals surface area contributed by atoms with Crippen molar-refractivity contribution in [3.8, 4) is 0 Å². The number of ether oxygens (including phenoxy) is 1. The quantitative estimate of drug-likeness (QED) is 0.412. The summed E-state index contributed by atoms with van der Waals surface area (Å²) in [5, 5.41) is 6.88. The first-order chi connectivity index (χ1) is 14.7. The summed E-state index contributed by atoms with van der Waals surface area (Å²) in [7, 11) is 0. The van der Waals surface area contributed by atoms with E-state index in [4.69, 9.17) is 9.73 Å². The molecule has 1 unspecified atom stereocenters. The van der Waals surface area contributed by atoms with Crippen molar-refractivity contribution < 1.29 is 4.74 Å². The number of aromatic nitrogens is 2. The van der Waals surface area contributed by atoms with E-state index in [0.29, 0.717) is 12.0 Å². The van der Waals surface area contributed by atoms with Crippen LogP contribution in [0.15, 0.2) is 29.3 Å². The van der Waals surface area contributed by atoms with Gasteiger partial charge in [-0.3, -0.25) is 9.89 Å². The molecule has 0 saturated carbocycles. The second kappa shape index (κ2) is 11.9. The lowest BCUT2D eigenvalue weighted by molar-refractivity contribution is 0.00395. The molecule has 0 aliphatic carbocycles. The van der Waals surface area contributed by atoms with E-state index in [0.717, 1.165) is 75.2 Å². The highest BCUT2D eigenvalue weighted by molar-refractivity contribution is 5.79. The standard InChI is InChI=1S/C23H38N6O/c1-4-18(5-2)21(29-13-15-30-16-14-29)17-26-23(24-6-3)25-12-11-22-27-19-9-7-8-10-20(19)28-22/h7-10,18,21H,4-6,11-17H2,1-3H3,(H,27,28)(H2,24,25,26). The zero-order valence-corrected chi connectivity index (χ0v) is 18.8. The third-order valence-corrected chi connectivity index (χ3v) is 5.98. The van der Waals surface area contributed by atoms with Crippen LogP contribution in [0, 0.1) is 5.92 Å². The number of aliphatic imine (C=N–C) groups is 1. The number of hydrogen-bond acceptors (Lipinski definition) is 4. The Balaban J connectivity index is 1.59. The summed E-state index contributed by atoms with van der Waals surface area (Å²) >= 11 is 0. The van der Waals surface area contributed by atoms with Gasteiger partial charge in [0, 0.05) is 38.6 Å². The van der Waals surface area contributed by atoms with Gasteiger partial charge in [-0.05, 0) is 25.0 Å². The van der Waals surface area contributed by atoms with Gasteiger partial charge in [-0.1, -0.05) is 38.8 Å². The van der Waals surface area contributed by atoms with Crippen molar-refractivity contribution in [2.45, 2.75) is 46.1 Å². The number of benzene rings is 1. The number of fused-ring (bicyclic) bond motifs is 1.